The van der Waals surface area contributed by atoms with Gasteiger partial charge in [-0.2, -0.15) is 0 Å². The normalized spacial score (nSPS) is 17.9. The molecule has 0 saturated heterocycles. The topological polar surface area (TPSA) is 22.1 Å². The lowest BCUT2D eigenvalue weighted by Crippen LogP contribution is -2.14. The van der Waals surface area contributed by atoms with Gasteiger partial charge in [-0.1, -0.05) is 41.5 Å². The van der Waals surface area contributed by atoms with Gasteiger partial charge in [0.05, 0.1) is 18.5 Å². The van der Waals surface area contributed by atoms with Gasteiger partial charge in [0.2, 0.25) is 0 Å². The molecule has 0 bridgehead atoms. The molecule has 114 valence electrons. The number of aromatic nitrogens is 1. The van der Waals surface area contributed by atoms with Crippen LogP contribution in [0.1, 0.15) is 31.7 Å². The summed E-state index contributed by atoms with van der Waals surface area (Å²) in [7, 11) is 0. The van der Waals surface area contributed by atoms with Crippen molar-refractivity contribution in [2.24, 2.45) is 5.92 Å². The molecular weight excluding hydrogens is 270 g/mol. The number of allylic oxidation sites excluding steroid dienone is 2. The molecule has 0 radical (unpaired) electrons. The van der Waals surface area contributed by atoms with E-state index in [-0.39, 0.29) is 0 Å². The van der Waals surface area contributed by atoms with Crippen LogP contribution >= 0.6 is 0 Å². The number of nitrogens with zero attached hydrogens (tertiary/aromatic N) is 1. The minimum atomic E-state index is 0.639. The Morgan fingerprint density at radius 1 is 1.09 bits per heavy atom. The van der Waals surface area contributed by atoms with Gasteiger partial charge in [0.25, 0.3) is 0 Å². The summed E-state index contributed by atoms with van der Waals surface area (Å²) >= 11 is 0. The van der Waals surface area contributed by atoms with Gasteiger partial charge in [-0.25, -0.2) is 0 Å². The van der Waals surface area contributed by atoms with Crippen molar-refractivity contribution in [2.45, 2.75) is 33.1 Å². The smallest absolute Gasteiger partial charge is 0.137 e. The largest absolute Gasteiger partial charge is 0.492 e. The first-order chi connectivity index (χ1) is 10.7. The summed E-state index contributed by atoms with van der Waals surface area (Å²) in [6.07, 6.45) is 7.76. The summed E-state index contributed by atoms with van der Waals surface area (Å²) in [4.78, 5) is 4.52. The highest BCUT2D eigenvalue weighted by atomic mass is 16.5. The first kappa shape index (κ1) is 14.8. The molecule has 1 aliphatic carbocycles. The lowest BCUT2D eigenvalue weighted by Gasteiger charge is -2.20. The third-order valence-corrected chi connectivity index (χ3v) is 4.32. The van der Waals surface area contributed by atoms with Crippen LogP contribution in [0.4, 0.5) is 0 Å². The van der Waals surface area contributed by atoms with E-state index in [1.807, 2.05) is 18.3 Å². The van der Waals surface area contributed by atoms with Gasteiger partial charge in [0, 0.05) is 5.56 Å². The minimum Gasteiger partial charge on any atom is -0.492 e. The van der Waals surface area contributed by atoms with E-state index in [1.165, 1.54) is 24.0 Å². The average molecular weight is 293 g/mol. The summed E-state index contributed by atoms with van der Waals surface area (Å²) < 4.78 is 5.90. The molecule has 2 heteroatoms. The second-order valence-corrected chi connectivity index (χ2v) is 6.25. The van der Waals surface area contributed by atoms with Crippen molar-refractivity contribution >= 4 is 0 Å². The van der Waals surface area contributed by atoms with Crippen LogP contribution in [0.5, 0.6) is 5.75 Å². The third kappa shape index (κ3) is 3.76. The zero-order valence-electron chi connectivity index (χ0n) is 13.4. The maximum atomic E-state index is 5.90. The Morgan fingerprint density at radius 2 is 1.91 bits per heavy atom. The fourth-order valence-corrected chi connectivity index (χ4v) is 2.75. The van der Waals surface area contributed by atoms with Gasteiger partial charge in [-0.15, -0.1) is 0 Å². The molecule has 1 unspecified atom stereocenters. The minimum absolute atomic E-state index is 0.639. The Kier molecular flexibility index (Phi) is 4.57. The Morgan fingerprint density at radius 3 is 2.55 bits per heavy atom. The van der Waals surface area contributed by atoms with Crippen molar-refractivity contribution in [1.29, 1.82) is 0 Å². The number of aryl methyl sites for hydroxylation is 1. The van der Waals surface area contributed by atoms with Crippen LogP contribution in [0.3, 0.4) is 0 Å². The molecule has 0 N–H and O–H groups in total. The molecule has 1 atom stereocenters. The van der Waals surface area contributed by atoms with E-state index >= 15 is 0 Å². The molecule has 0 aliphatic heterocycles. The second-order valence-electron chi connectivity index (χ2n) is 6.25. The predicted molar refractivity (Wildman–Crippen MR) is 91.0 cm³/mol. The number of benzene rings is 1. The Labute approximate surface area is 132 Å². The molecular formula is C20H23NO. The van der Waals surface area contributed by atoms with Crippen molar-refractivity contribution in [3.05, 3.63) is 59.8 Å². The maximum absolute atomic E-state index is 5.90. The highest BCUT2D eigenvalue weighted by Crippen LogP contribution is 2.25. The monoisotopic (exact) mass is 293 g/mol. The molecule has 1 aromatic carbocycles. The Bertz CT molecular complexity index is 640. The van der Waals surface area contributed by atoms with Crippen LogP contribution in [0, 0.1) is 12.8 Å². The van der Waals surface area contributed by atoms with Crippen molar-refractivity contribution in [3.8, 4) is 17.0 Å². The Hall–Kier alpha value is -2.09. The lowest BCUT2D eigenvalue weighted by molar-refractivity contribution is 0.236. The number of hydrogen-bond donors (Lipinski definition) is 0. The van der Waals surface area contributed by atoms with Crippen molar-refractivity contribution in [2.75, 3.05) is 6.61 Å². The number of rotatable bonds is 4. The highest BCUT2D eigenvalue weighted by Gasteiger charge is 2.13. The molecule has 2 nitrogen and oxygen atoms in total. The maximum Gasteiger partial charge on any atom is 0.137 e. The predicted octanol–water partition coefficient (Wildman–Crippen LogP) is 5.18. The van der Waals surface area contributed by atoms with E-state index in [0.29, 0.717) is 5.92 Å². The van der Waals surface area contributed by atoms with Crippen LogP contribution in [-0.2, 0) is 0 Å². The molecule has 22 heavy (non-hydrogen) atoms. The molecule has 1 aromatic heterocycles. The fourth-order valence-electron chi connectivity index (χ4n) is 2.75. The molecule has 0 spiro atoms. The standard InChI is InChI=1S/C20H23NO/c1-15-3-7-17(8-4-15)14-22-19-11-12-20(21-13-19)18-9-5-16(2)6-10-18/h3,5-6,9-13,17H,4,7-8,14H2,1-2H3. The molecule has 0 saturated carbocycles. The van der Waals surface area contributed by atoms with Gasteiger partial charge in [-0.05, 0) is 51.2 Å². The first-order valence-corrected chi connectivity index (χ1v) is 8.02. The van der Waals surface area contributed by atoms with Gasteiger partial charge >= 0.3 is 0 Å². The van der Waals surface area contributed by atoms with Crippen LogP contribution in [0.25, 0.3) is 11.3 Å². The number of hydrogen-bond acceptors (Lipinski definition) is 2. The summed E-state index contributed by atoms with van der Waals surface area (Å²) in [6.45, 7) is 5.09. The summed E-state index contributed by atoms with van der Waals surface area (Å²) in [5.74, 6) is 1.50. The fraction of sp³-hybridized carbons (Fsp3) is 0.350. The number of ether oxygens (including phenoxy) is 1. The molecule has 2 aromatic rings. The van der Waals surface area contributed by atoms with Gasteiger partial charge in [-0.3, -0.25) is 4.98 Å². The summed E-state index contributed by atoms with van der Waals surface area (Å²) in [6, 6.07) is 12.5. The third-order valence-electron chi connectivity index (χ3n) is 4.32. The molecule has 0 amide bonds. The molecule has 3 rings (SSSR count). The zero-order chi connectivity index (χ0) is 15.4. The summed E-state index contributed by atoms with van der Waals surface area (Å²) in [5, 5.41) is 0. The van der Waals surface area contributed by atoms with E-state index < -0.39 is 0 Å². The summed E-state index contributed by atoms with van der Waals surface area (Å²) in [5.41, 5.74) is 4.91. The van der Waals surface area contributed by atoms with Gasteiger partial charge in [0.15, 0.2) is 0 Å². The molecule has 1 heterocycles. The van der Waals surface area contributed by atoms with Crippen LogP contribution in [0.2, 0.25) is 0 Å². The second kappa shape index (κ2) is 6.78. The Balaban J connectivity index is 1.58. The van der Waals surface area contributed by atoms with E-state index in [2.05, 4.69) is 49.2 Å². The van der Waals surface area contributed by atoms with Crippen LogP contribution < -0.4 is 4.74 Å². The molecule has 0 fully saturated rings. The van der Waals surface area contributed by atoms with Crippen LogP contribution in [0.15, 0.2) is 54.2 Å². The highest BCUT2D eigenvalue weighted by molar-refractivity contribution is 5.59. The van der Waals surface area contributed by atoms with Gasteiger partial charge < -0.3 is 4.74 Å². The van der Waals surface area contributed by atoms with E-state index in [1.54, 1.807) is 0 Å². The van der Waals surface area contributed by atoms with E-state index in [0.717, 1.165) is 30.0 Å². The van der Waals surface area contributed by atoms with Crippen molar-refractivity contribution in [3.63, 3.8) is 0 Å². The quantitative estimate of drug-likeness (QED) is 0.724. The zero-order valence-corrected chi connectivity index (χ0v) is 13.4. The lowest BCUT2D eigenvalue weighted by atomic mass is 9.91. The van der Waals surface area contributed by atoms with E-state index in [9.17, 15) is 0 Å². The first-order valence-electron chi connectivity index (χ1n) is 8.02. The van der Waals surface area contributed by atoms with Gasteiger partial charge in [0.1, 0.15) is 5.75 Å². The average Bonchev–Trinajstić information content (AvgIpc) is 2.56. The number of pyridine rings is 1. The van der Waals surface area contributed by atoms with Crippen molar-refractivity contribution < 1.29 is 4.74 Å². The van der Waals surface area contributed by atoms with Crippen LogP contribution in [-0.4, -0.2) is 11.6 Å². The van der Waals surface area contributed by atoms with E-state index in [4.69, 9.17) is 4.74 Å². The van der Waals surface area contributed by atoms with Crippen molar-refractivity contribution in [1.82, 2.24) is 4.98 Å². The molecule has 1 aliphatic rings. The SMILES string of the molecule is CC1=CCC(COc2ccc(-c3ccc(C)cc3)nc2)CC1.